The molecular formula is C45H81O6P. The Morgan fingerprint density at radius 3 is 1.31 bits per heavy atom. The molecule has 0 aromatic rings. The molecule has 0 aliphatic rings. The molecule has 6 nitrogen and oxygen atoms in total. The lowest BCUT2D eigenvalue weighted by Crippen LogP contribution is -2.26. The number of hydrogen-bond acceptors (Lipinski definition) is 6. The first-order chi connectivity index (χ1) is 26.2. The van der Waals surface area contributed by atoms with Crippen molar-refractivity contribution in [2.24, 2.45) is 11.8 Å². The summed E-state index contributed by atoms with van der Waals surface area (Å²) in [5.41, 5.74) is 7.73. The third-order valence-electron chi connectivity index (χ3n) is 8.75. The van der Waals surface area contributed by atoms with E-state index in [0.717, 1.165) is 64.2 Å². The largest absolute Gasteiger partial charge is 0.474 e. The van der Waals surface area contributed by atoms with Crippen LogP contribution in [0.15, 0.2) is 69.9 Å². The van der Waals surface area contributed by atoms with Gasteiger partial charge in [-0.1, -0.05) is 110 Å². The minimum atomic E-state index is -3.65. The summed E-state index contributed by atoms with van der Waals surface area (Å²) in [6.45, 7) is 21.6. The fourth-order valence-electron chi connectivity index (χ4n) is 5.14. The predicted molar refractivity (Wildman–Crippen MR) is 225 cm³/mol. The molecule has 0 unspecified atom stereocenters. The average molecular weight is 753 g/mol. The van der Waals surface area contributed by atoms with Crippen LogP contribution in [0.25, 0.3) is 0 Å². The van der Waals surface area contributed by atoms with Crippen molar-refractivity contribution in [3.63, 3.8) is 0 Å². The lowest BCUT2D eigenvalue weighted by molar-refractivity contribution is -0.0286. The maximum atomic E-state index is 12.5. The Labute approximate surface area is 327 Å². The summed E-state index contributed by atoms with van der Waals surface area (Å²) in [5, 5.41) is 0. The number of ether oxygens (including phenoxy) is 2. The molecule has 52 heavy (non-hydrogen) atoms. The SMILES string of the molecule is [2H]C([2H])(CC/C(C)=C/CC/C(C)=C/CC/C(C)=C/COC[C@@H](COP(=O)(OC)OC)OC/C=C(\C)CC/C=C(\C)CC/C=C(\C)CCC([2H])([2H])C(C)C)C(C)C. The summed E-state index contributed by atoms with van der Waals surface area (Å²) >= 11 is 0. The lowest BCUT2D eigenvalue weighted by Gasteiger charge is -2.20. The highest BCUT2D eigenvalue weighted by Gasteiger charge is 2.25. The van der Waals surface area contributed by atoms with Gasteiger partial charge in [0.25, 0.3) is 0 Å². The van der Waals surface area contributed by atoms with Crippen LogP contribution in [0.3, 0.4) is 0 Å². The van der Waals surface area contributed by atoms with Gasteiger partial charge in [-0.05, 0) is 130 Å². The Morgan fingerprint density at radius 1 is 0.558 bits per heavy atom. The van der Waals surface area contributed by atoms with Gasteiger partial charge in [-0.2, -0.15) is 0 Å². The highest BCUT2D eigenvalue weighted by molar-refractivity contribution is 7.48. The molecule has 0 saturated carbocycles. The fraction of sp³-hybridized carbons (Fsp3) is 0.733. The molecule has 1 atom stereocenters. The van der Waals surface area contributed by atoms with Crippen molar-refractivity contribution in [2.45, 2.75) is 165 Å². The maximum absolute atomic E-state index is 12.5. The zero-order valence-corrected chi connectivity index (χ0v) is 36.3. The summed E-state index contributed by atoms with van der Waals surface area (Å²) in [4.78, 5) is 0. The summed E-state index contributed by atoms with van der Waals surface area (Å²) < 4.78 is 72.4. The predicted octanol–water partition coefficient (Wildman–Crippen LogP) is 14.3. The van der Waals surface area contributed by atoms with Gasteiger partial charge in [0, 0.05) is 19.7 Å². The van der Waals surface area contributed by atoms with Crippen LogP contribution < -0.4 is 0 Å². The van der Waals surface area contributed by atoms with Crippen LogP contribution in [0.2, 0.25) is 0 Å². The van der Waals surface area contributed by atoms with E-state index in [2.05, 4.69) is 78.0 Å². The topological polar surface area (TPSA) is 63.2 Å². The zero-order valence-electron chi connectivity index (χ0n) is 39.4. The van der Waals surface area contributed by atoms with Gasteiger partial charge in [-0.3, -0.25) is 13.6 Å². The lowest BCUT2D eigenvalue weighted by atomic mass is 10.0. The van der Waals surface area contributed by atoms with Crippen molar-refractivity contribution in [2.75, 3.05) is 40.6 Å². The van der Waals surface area contributed by atoms with Crippen LogP contribution in [-0.4, -0.2) is 46.8 Å². The third-order valence-corrected chi connectivity index (χ3v) is 10.1. The second-order valence-electron chi connectivity index (χ2n) is 14.8. The quantitative estimate of drug-likeness (QED) is 0.0387. The number of rotatable bonds is 32. The Hall–Kier alpha value is -1.53. The second kappa shape index (κ2) is 31.8. The standard InChI is InChI=1S/C45H81O6P/c1-37(2)19-13-21-39(5)23-15-25-41(7)27-17-29-43(9)31-33-49-35-45(36-51-52(46,47-11)48-12)50-34-32-44(10)30-18-28-42(8)26-16-24-40(6)22-14-20-38(3)4/h23-24,27-28,31-32,37-38,45H,13-22,25-26,29-30,33-36H2,1-12H3/b39-23+,40-24+,41-27+,42-28+,43-31+,44-32+/t45-/m0/s1/i19D2,20D2. The molecule has 0 aliphatic carbocycles. The molecule has 7 heteroatoms. The van der Waals surface area contributed by atoms with Crippen LogP contribution in [-0.2, 0) is 27.6 Å². The Bertz CT molecular complexity index is 1320. The van der Waals surface area contributed by atoms with Crippen molar-refractivity contribution in [3.05, 3.63) is 69.9 Å². The fourth-order valence-corrected chi connectivity index (χ4v) is 5.85. The smallest absolute Gasteiger partial charge is 0.375 e. The van der Waals surface area contributed by atoms with Crippen LogP contribution in [0.4, 0.5) is 0 Å². The number of phosphoric acid groups is 1. The zero-order chi connectivity index (χ0) is 42.8. The van der Waals surface area contributed by atoms with E-state index in [4.69, 9.17) is 28.5 Å². The molecule has 0 bridgehead atoms. The molecule has 0 aromatic carbocycles. The van der Waals surface area contributed by atoms with Gasteiger partial charge < -0.3 is 9.47 Å². The van der Waals surface area contributed by atoms with Crippen LogP contribution in [0, 0.1) is 11.8 Å². The van der Waals surface area contributed by atoms with E-state index in [9.17, 15) is 4.57 Å². The molecule has 0 N–H and O–H groups in total. The van der Waals surface area contributed by atoms with Crippen molar-refractivity contribution in [1.29, 1.82) is 0 Å². The Kier molecular flexibility index (Phi) is 26.4. The Morgan fingerprint density at radius 2 is 0.923 bits per heavy atom. The molecule has 0 radical (unpaired) electrons. The molecule has 0 aromatic heterocycles. The molecule has 0 spiro atoms. The third kappa shape index (κ3) is 30.9. The normalized spacial score (nSPS) is 16.7. The molecule has 302 valence electrons. The van der Waals surface area contributed by atoms with E-state index < -0.39 is 26.7 Å². The van der Waals surface area contributed by atoms with E-state index in [1.54, 1.807) is 0 Å². The van der Waals surface area contributed by atoms with E-state index in [-0.39, 0.29) is 25.0 Å². The van der Waals surface area contributed by atoms with E-state index in [0.29, 0.717) is 26.1 Å². The minimum absolute atomic E-state index is 0.00117. The van der Waals surface area contributed by atoms with Gasteiger partial charge in [0.05, 0.1) is 26.4 Å². The number of phosphoric ester groups is 1. The van der Waals surface area contributed by atoms with Crippen molar-refractivity contribution < 1.29 is 33.1 Å². The van der Waals surface area contributed by atoms with Crippen molar-refractivity contribution in [1.82, 2.24) is 0 Å². The molecule has 0 fully saturated rings. The van der Waals surface area contributed by atoms with Gasteiger partial charge in [-0.15, -0.1) is 0 Å². The number of allylic oxidation sites excluding steroid dienone is 10. The monoisotopic (exact) mass is 753 g/mol. The van der Waals surface area contributed by atoms with Gasteiger partial charge >= 0.3 is 7.82 Å². The summed E-state index contributed by atoms with van der Waals surface area (Å²) in [5.74, 6) is 0.0600. The highest BCUT2D eigenvalue weighted by atomic mass is 31.2. The van der Waals surface area contributed by atoms with E-state index in [1.807, 2.05) is 27.7 Å². The molecule has 0 heterocycles. The summed E-state index contributed by atoms with van der Waals surface area (Å²) in [6.07, 6.45) is 21.1. The molecule has 0 aliphatic heterocycles. The first-order valence-electron chi connectivity index (χ1n) is 21.7. The maximum Gasteiger partial charge on any atom is 0.474 e. The van der Waals surface area contributed by atoms with Gasteiger partial charge in [0.2, 0.25) is 0 Å². The molecular weight excluding hydrogens is 667 g/mol. The van der Waals surface area contributed by atoms with Crippen LogP contribution in [0.1, 0.15) is 165 Å². The Balaban J connectivity index is 4.83. The van der Waals surface area contributed by atoms with Crippen molar-refractivity contribution >= 4 is 7.82 Å². The van der Waals surface area contributed by atoms with E-state index >= 15 is 0 Å². The van der Waals surface area contributed by atoms with Gasteiger partial charge in [-0.25, -0.2) is 4.57 Å². The van der Waals surface area contributed by atoms with Crippen LogP contribution >= 0.6 is 7.82 Å². The summed E-state index contributed by atoms with van der Waals surface area (Å²) in [6, 6.07) is 0. The minimum Gasteiger partial charge on any atom is -0.375 e. The number of hydrogen-bond donors (Lipinski definition) is 0. The molecule has 0 amide bonds. The first kappa shape index (κ1) is 43.2. The summed E-state index contributed by atoms with van der Waals surface area (Å²) in [7, 11) is -1.08. The molecule has 0 saturated heterocycles. The highest BCUT2D eigenvalue weighted by Crippen LogP contribution is 2.47. The average Bonchev–Trinajstić information content (AvgIpc) is 3.13. The first-order valence-corrected chi connectivity index (χ1v) is 21.1. The van der Waals surface area contributed by atoms with Gasteiger partial charge in [0.1, 0.15) is 6.10 Å². The second-order valence-corrected chi connectivity index (χ2v) is 16.7. The van der Waals surface area contributed by atoms with Crippen LogP contribution in [0.5, 0.6) is 0 Å². The van der Waals surface area contributed by atoms with E-state index in [1.165, 1.54) is 47.7 Å². The molecule has 0 rings (SSSR count). The van der Waals surface area contributed by atoms with Gasteiger partial charge in [0.15, 0.2) is 0 Å². The van der Waals surface area contributed by atoms with Crippen molar-refractivity contribution in [3.8, 4) is 0 Å².